The molecule has 0 atom stereocenters. The second-order valence-electron chi connectivity index (χ2n) is 3.25. The molecule has 0 aromatic carbocycles. The van der Waals surface area contributed by atoms with Crippen molar-refractivity contribution in [2.45, 2.75) is 6.42 Å². The standard InChI is InChI=1S/C11H12N2O5/c14-9(3-4-10(15)16)13-11(17)12-6-5-8-2-1-7-18-8/h1-4,7H,5-6H2,(H,15,16)(H2,12,13,14,17). The first kappa shape index (κ1) is 13.5. The molecule has 0 radical (unpaired) electrons. The molecule has 3 amide bonds. The molecule has 7 nitrogen and oxygen atoms in total. The summed E-state index contributed by atoms with van der Waals surface area (Å²) in [7, 11) is 0. The lowest BCUT2D eigenvalue weighted by Crippen LogP contribution is -2.39. The SMILES string of the molecule is O=C(O)C=CC(=O)NC(=O)NCCc1ccco1. The Balaban J connectivity index is 2.21. The number of nitrogens with one attached hydrogen (secondary N) is 2. The lowest BCUT2D eigenvalue weighted by atomic mass is 10.3. The largest absolute Gasteiger partial charge is 0.478 e. The van der Waals surface area contributed by atoms with Crippen LogP contribution in [0.25, 0.3) is 0 Å². The molecule has 0 aliphatic carbocycles. The maximum Gasteiger partial charge on any atom is 0.328 e. The van der Waals surface area contributed by atoms with E-state index in [1.807, 2.05) is 5.32 Å². The number of rotatable bonds is 5. The maximum absolute atomic E-state index is 11.2. The molecule has 0 saturated heterocycles. The average Bonchev–Trinajstić information content (AvgIpc) is 2.79. The number of imide groups is 1. The van der Waals surface area contributed by atoms with Gasteiger partial charge in [0.2, 0.25) is 0 Å². The summed E-state index contributed by atoms with van der Waals surface area (Å²) in [5.41, 5.74) is 0. The fraction of sp³-hybridized carbons (Fsp3) is 0.182. The maximum atomic E-state index is 11.2. The minimum absolute atomic E-state index is 0.301. The number of carboxylic acid groups (broad SMARTS) is 1. The molecule has 0 bridgehead atoms. The van der Waals surface area contributed by atoms with Crippen LogP contribution < -0.4 is 10.6 Å². The summed E-state index contributed by atoms with van der Waals surface area (Å²) < 4.78 is 5.05. The fourth-order valence-corrected chi connectivity index (χ4v) is 1.10. The van der Waals surface area contributed by atoms with E-state index in [0.717, 1.165) is 6.08 Å². The van der Waals surface area contributed by atoms with E-state index in [9.17, 15) is 14.4 Å². The van der Waals surface area contributed by atoms with Crippen LogP contribution in [0.1, 0.15) is 5.76 Å². The highest BCUT2D eigenvalue weighted by atomic mass is 16.4. The van der Waals surface area contributed by atoms with Gasteiger partial charge in [0.05, 0.1) is 6.26 Å². The predicted octanol–water partition coefficient (Wildman–Crippen LogP) is 0.289. The van der Waals surface area contributed by atoms with Gasteiger partial charge in [-0.1, -0.05) is 0 Å². The van der Waals surface area contributed by atoms with E-state index in [2.05, 4.69) is 5.32 Å². The Bertz CT molecular complexity index is 450. The number of urea groups is 1. The Hall–Kier alpha value is -2.57. The van der Waals surface area contributed by atoms with Gasteiger partial charge in [0.15, 0.2) is 0 Å². The highest BCUT2D eigenvalue weighted by molar-refractivity contribution is 6.02. The van der Waals surface area contributed by atoms with Gasteiger partial charge < -0.3 is 14.8 Å². The molecular weight excluding hydrogens is 240 g/mol. The van der Waals surface area contributed by atoms with Crippen molar-refractivity contribution in [3.8, 4) is 0 Å². The number of aliphatic carboxylic acids is 1. The van der Waals surface area contributed by atoms with Crippen LogP contribution >= 0.6 is 0 Å². The summed E-state index contributed by atoms with van der Waals surface area (Å²) in [6, 6.07) is 2.80. The molecule has 96 valence electrons. The van der Waals surface area contributed by atoms with Crippen LogP contribution in [-0.4, -0.2) is 29.6 Å². The summed E-state index contributed by atoms with van der Waals surface area (Å²) >= 11 is 0. The predicted molar refractivity (Wildman–Crippen MR) is 60.7 cm³/mol. The normalized spacial score (nSPS) is 10.2. The molecule has 0 aliphatic heterocycles. The van der Waals surface area contributed by atoms with Crippen molar-refractivity contribution in [1.82, 2.24) is 10.6 Å². The van der Waals surface area contributed by atoms with E-state index in [4.69, 9.17) is 9.52 Å². The Labute approximate surface area is 102 Å². The third kappa shape index (κ3) is 5.50. The van der Waals surface area contributed by atoms with Crippen LogP contribution in [0.3, 0.4) is 0 Å². The first-order valence-corrected chi connectivity index (χ1v) is 5.10. The summed E-state index contributed by atoms with van der Waals surface area (Å²) in [5, 5.41) is 12.6. The Morgan fingerprint density at radius 3 is 2.72 bits per heavy atom. The van der Waals surface area contributed by atoms with E-state index in [1.54, 1.807) is 12.1 Å². The average molecular weight is 252 g/mol. The molecule has 18 heavy (non-hydrogen) atoms. The second kappa shape index (κ2) is 6.89. The van der Waals surface area contributed by atoms with Crippen LogP contribution in [0.5, 0.6) is 0 Å². The highest BCUT2D eigenvalue weighted by Crippen LogP contribution is 1.99. The Morgan fingerprint density at radius 2 is 2.11 bits per heavy atom. The summed E-state index contributed by atoms with van der Waals surface area (Å²) in [5.74, 6) is -1.34. The second-order valence-corrected chi connectivity index (χ2v) is 3.25. The fourth-order valence-electron chi connectivity index (χ4n) is 1.10. The zero-order chi connectivity index (χ0) is 13.4. The molecule has 0 unspecified atom stereocenters. The molecule has 1 aromatic heterocycles. The van der Waals surface area contributed by atoms with E-state index < -0.39 is 17.9 Å². The van der Waals surface area contributed by atoms with Crippen molar-refractivity contribution >= 4 is 17.9 Å². The molecule has 1 aromatic rings. The zero-order valence-electron chi connectivity index (χ0n) is 9.38. The first-order chi connectivity index (χ1) is 8.58. The van der Waals surface area contributed by atoms with Gasteiger partial charge in [-0.05, 0) is 12.1 Å². The third-order valence-corrected chi connectivity index (χ3v) is 1.85. The lowest BCUT2D eigenvalue weighted by molar-refractivity contribution is -0.131. The molecule has 1 rings (SSSR count). The molecule has 0 saturated carbocycles. The van der Waals surface area contributed by atoms with Crippen LogP contribution in [0.4, 0.5) is 4.79 Å². The molecule has 0 aliphatic rings. The molecular formula is C11H12N2O5. The minimum Gasteiger partial charge on any atom is -0.478 e. The monoisotopic (exact) mass is 252 g/mol. The van der Waals surface area contributed by atoms with Crippen molar-refractivity contribution in [3.63, 3.8) is 0 Å². The van der Waals surface area contributed by atoms with Gasteiger partial charge in [-0.25, -0.2) is 9.59 Å². The van der Waals surface area contributed by atoms with E-state index in [0.29, 0.717) is 24.8 Å². The summed E-state index contributed by atoms with van der Waals surface area (Å²) in [6.45, 7) is 0.301. The van der Waals surface area contributed by atoms with Crippen LogP contribution in [0, 0.1) is 0 Å². The molecule has 7 heteroatoms. The van der Waals surface area contributed by atoms with Crippen LogP contribution in [-0.2, 0) is 16.0 Å². The van der Waals surface area contributed by atoms with Gasteiger partial charge in [0.25, 0.3) is 5.91 Å². The Kier molecular flexibility index (Phi) is 5.17. The number of carboxylic acids is 1. The topological polar surface area (TPSA) is 109 Å². The van der Waals surface area contributed by atoms with Crippen LogP contribution in [0.15, 0.2) is 35.0 Å². The van der Waals surface area contributed by atoms with Crippen molar-refractivity contribution in [2.75, 3.05) is 6.54 Å². The van der Waals surface area contributed by atoms with Crippen molar-refractivity contribution < 1.29 is 23.9 Å². The van der Waals surface area contributed by atoms with Crippen molar-refractivity contribution in [3.05, 3.63) is 36.3 Å². The third-order valence-electron chi connectivity index (χ3n) is 1.85. The highest BCUT2D eigenvalue weighted by Gasteiger charge is 2.04. The lowest BCUT2D eigenvalue weighted by Gasteiger charge is -2.03. The van der Waals surface area contributed by atoms with E-state index in [-0.39, 0.29) is 0 Å². The van der Waals surface area contributed by atoms with Gasteiger partial charge in [-0.15, -0.1) is 0 Å². The summed E-state index contributed by atoms with van der Waals surface area (Å²) in [4.78, 5) is 32.3. The smallest absolute Gasteiger partial charge is 0.328 e. The van der Waals surface area contributed by atoms with Gasteiger partial charge in [-0.3, -0.25) is 10.1 Å². The van der Waals surface area contributed by atoms with E-state index >= 15 is 0 Å². The zero-order valence-corrected chi connectivity index (χ0v) is 9.38. The molecule has 0 fully saturated rings. The molecule has 1 heterocycles. The van der Waals surface area contributed by atoms with Crippen molar-refractivity contribution in [2.24, 2.45) is 0 Å². The number of carbonyl (C=O) groups is 3. The summed E-state index contributed by atoms with van der Waals surface area (Å²) in [6.07, 6.45) is 3.43. The van der Waals surface area contributed by atoms with Gasteiger partial charge in [-0.2, -0.15) is 0 Å². The minimum atomic E-state index is -1.26. The van der Waals surface area contributed by atoms with Crippen LogP contribution in [0.2, 0.25) is 0 Å². The van der Waals surface area contributed by atoms with Gasteiger partial charge in [0.1, 0.15) is 5.76 Å². The quantitative estimate of drug-likeness (QED) is 0.652. The van der Waals surface area contributed by atoms with Gasteiger partial charge >= 0.3 is 12.0 Å². The van der Waals surface area contributed by atoms with Gasteiger partial charge in [0, 0.05) is 25.1 Å². The molecule has 3 N–H and O–H groups in total. The number of carbonyl (C=O) groups excluding carboxylic acids is 2. The first-order valence-electron chi connectivity index (χ1n) is 5.10. The number of amides is 3. The molecule has 0 spiro atoms. The van der Waals surface area contributed by atoms with E-state index in [1.165, 1.54) is 6.26 Å². The number of hydrogen-bond acceptors (Lipinski definition) is 4. The number of hydrogen-bond donors (Lipinski definition) is 3. The Morgan fingerprint density at radius 1 is 1.33 bits per heavy atom. The van der Waals surface area contributed by atoms with Crippen molar-refractivity contribution in [1.29, 1.82) is 0 Å². The number of furan rings is 1.